The minimum Gasteiger partial charge on any atom is -0.507 e. The number of hydrogen-bond acceptors (Lipinski definition) is 7. The summed E-state index contributed by atoms with van der Waals surface area (Å²) in [5.74, 6) is -2.53. The zero-order valence-electron chi connectivity index (χ0n) is 17.8. The van der Waals surface area contributed by atoms with E-state index >= 15 is 0 Å². The van der Waals surface area contributed by atoms with E-state index in [2.05, 4.69) is 9.97 Å². The van der Waals surface area contributed by atoms with Crippen LogP contribution < -0.4 is 9.64 Å². The number of halogens is 3. The first kappa shape index (κ1) is 23.2. The van der Waals surface area contributed by atoms with Crippen molar-refractivity contribution in [3.63, 3.8) is 0 Å². The van der Waals surface area contributed by atoms with Crippen LogP contribution in [0.3, 0.4) is 0 Å². The number of ketones is 1. The quantitative estimate of drug-likeness (QED) is 0.205. The van der Waals surface area contributed by atoms with Crippen LogP contribution in [0.15, 0.2) is 60.4 Å². The maximum atomic E-state index is 14.0. The average molecular weight is 530 g/mol. The Kier molecular flexibility index (Phi) is 5.92. The van der Waals surface area contributed by atoms with Gasteiger partial charge in [0.05, 0.1) is 39.0 Å². The smallest absolute Gasteiger partial charge is 0.301 e. The Bertz CT molecular complexity index is 1500. The van der Waals surface area contributed by atoms with Gasteiger partial charge in [-0.2, -0.15) is 0 Å². The van der Waals surface area contributed by atoms with Gasteiger partial charge < -0.3 is 9.84 Å². The summed E-state index contributed by atoms with van der Waals surface area (Å²) < 4.78 is 19.7. The molecule has 1 amide bonds. The summed E-state index contributed by atoms with van der Waals surface area (Å²) in [5, 5.41) is 11.4. The Morgan fingerprint density at radius 2 is 1.86 bits per heavy atom. The number of carbonyl (C=O) groups excluding carboxylic acids is 2. The average Bonchev–Trinajstić information content (AvgIpc) is 3.37. The molecule has 2 aromatic heterocycles. The van der Waals surface area contributed by atoms with Gasteiger partial charge in [-0.25, -0.2) is 9.37 Å². The number of ether oxygens (including phenoxy) is 1. The molecular weight excluding hydrogens is 516 g/mol. The number of benzene rings is 2. The second-order valence-electron chi connectivity index (χ2n) is 7.53. The van der Waals surface area contributed by atoms with Crippen LogP contribution in [0.2, 0.25) is 10.0 Å². The SMILES string of the molecule is COc1ccc(Cl)c(/C(O)=C2\C(=O)C(=O)N(c3nc4cc(Cl)c(F)cc4s3)C2c2ccncc2)c1. The molecule has 1 aliphatic rings. The van der Waals surface area contributed by atoms with Gasteiger partial charge in [0.15, 0.2) is 5.13 Å². The molecule has 5 rings (SSSR count). The van der Waals surface area contributed by atoms with E-state index < -0.39 is 29.3 Å². The van der Waals surface area contributed by atoms with E-state index in [1.54, 1.807) is 18.2 Å². The molecule has 7 nitrogen and oxygen atoms in total. The van der Waals surface area contributed by atoms with Crippen molar-refractivity contribution < 1.29 is 23.8 Å². The second kappa shape index (κ2) is 8.92. The van der Waals surface area contributed by atoms with Crippen LogP contribution in [0, 0.1) is 5.82 Å². The minimum absolute atomic E-state index is 0.116. The first-order chi connectivity index (χ1) is 16.8. The van der Waals surface area contributed by atoms with Gasteiger partial charge in [0.25, 0.3) is 5.78 Å². The van der Waals surface area contributed by atoms with Crippen LogP contribution in [0.4, 0.5) is 9.52 Å². The van der Waals surface area contributed by atoms with E-state index in [0.717, 1.165) is 11.3 Å². The van der Waals surface area contributed by atoms with Gasteiger partial charge >= 0.3 is 5.91 Å². The first-order valence-corrected chi connectivity index (χ1v) is 11.7. The molecule has 35 heavy (non-hydrogen) atoms. The summed E-state index contributed by atoms with van der Waals surface area (Å²) in [6, 6.07) is 9.34. The molecule has 1 fully saturated rings. The minimum atomic E-state index is -1.04. The number of aliphatic hydroxyl groups is 1. The number of thiazole rings is 1. The van der Waals surface area contributed by atoms with Gasteiger partial charge in [0, 0.05) is 18.0 Å². The van der Waals surface area contributed by atoms with Gasteiger partial charge in [0.2, 0.25) is 0 Å². The Labute approximate surface area is 212 Å². The molecule has 0 aliphatic carbocycles. The summed E-state index contributed by atoms with van der Waals surface area (Å²) >= 11 is 13.2. The summed E-state index contributed by atoms with van der Waals surface area (Å²) in [5.41, 5.74) is 0.812. The van der Waals surface area contributed by atoms with Crippen molar-refractivity contribution >= 4 is 67.3 Å². The Morgan fingerprint density at radius 1 is 1.11 bits per heavy atom. The zero-order valence-corrected chi connectivity index (χ0v) is 20.2. The third-order valence-corrected chi connectivity index (χ3v) is 7.16. The maximum Gasteiger partial charge on any atom is 0.301 e. The predicted molar refractivity (Wildman–Crippen MR) is 132 cm³/mol. The summed E-state index contributed by atoms with van der Waals surface area (Å²) in [6.07, 6.45) is 3.00. The third kappa shape index (κ3) is 3.91. The summed E-state index contributed by atoms with van der Waals surface area (Å²) in [6.45, 7) is 0. The van der Waals surface area contributed by atoms with Crippen molar-refractivity contribution in [1.29, 1.82) is 0 Å². The molecule has 0 spiro atoms. The van der Waals surface area contributed by atoms with E-state index in [1.807, 2.05) is 0 Å². The van der Waals surface area contributed by atoms with Crippen LogP contribution in [-0.4, -0.2) is 33.9 Å². The second-order valence-corrected chi connectivity index (χ2v) is 9.35. The molecule has 1 saturated heterocycles. The number of methoxy groups -OCH3 is 1. The van der Waals surface area contributed by atoms with Gasteiger partial charge in [-0.15, -0.1) is 0 Å². The monoisotopic (exact) mass is 529 g/mol. The number of fused-ring (bicyclic) bond motifs is 1. The molecule has 4 aromatic rings. The number of rotatable bonds is 4. The van der Waals surface area contributed by atoms with Crippen LogP contribution in [0.25, 0.3) is 16.0 Å². The highest BCUT2D eigenvalue weighted by molar-refractivity contribution is 7.22. The van der Waals surface area contributed by atoms with E-state index in [-0.39, 0.29) is 26.3 Å². The number of Topliss-reactive ketones (excluding diaryl/α,β-unsaturated/α-hetero) is 1. The lowest BCUT2D eigenvalue weighted by Gasteiger charge is -2.22. The highest BCUT2D eigenvalue weighted by Gasteiger charge is 2.48. The van der Waals surface area contributed by atoms with Crippen molar-refractivity contribution in [2.75, 3.05) is 12.0 Å². The highest BCUT2D eigenvalue weighted by atomic mass is 35.5. The fraction of sp³-hybridized carbons (Fsp3) is 0.0833. The zero-order chi connectivity index (χ0) is 24.9. The van der Waals surface area contributed by atoms with Gasteiger partial charge in [-0.1, -0.05) is 34.5 Å². The lowest BCUT2D eigenvalue weighted by molar-refractivity contribution is -0.132. The highest BCUT2D eigenvalue weighted by Crippen LogP contribution is 2.45. The molecule has 1 atom stereocenters. The molecule has 0 radical (unpaired) electrons. The van der Waals surface area contributed by atoms with E-state index in [1.165, 1.54) is 48.7 Å². The number of pyridine rings is 1. The molecule has 176 valence electrons. The van der Waals surface area contributed by atoms with Gasteiger partial charge in [-0.05, 0) is 48.0 Å². The molecular formula is C24H14Cl2FN3O4S. The van der Waals surface area contributed by atoms with E-state index in [9.17, 15) is 19.1 Å². The Morgan fingerprint density at radius 3 is 2.57 bits per heavy atom. The fourth-order valence-corrected chi connectivity index (χ4v) is 5.23. The number of aromatic nitrogens is 2. The first-order valence-electron chi connectivity index (χ1n) is 10.1. The number of hydrogen-bond donors (Lipinski definition) is 1. The number of anilines is 1. The molecule has 0 saturated carbocycles. The van der Waals surface area contributed by atoms with Gasteiger partial charge in [-0.3, -0.25) is 19.5 Å². The van der Waals surface area contributed by atoms with Crippen LogP contribution in [0.1, 0.15) is 17.2 Å². The molecule has 3 heterocycles. The van der Waals surface area contributed by atoms with Crippen molar-refractivity contribution in [2.24, 2.45) is 0 Å². The summed E-state index contributed by atoms with van der Waals surface area (Å²) in [4.78, 5) is 36.1. The lowest BCUT2D eigenvalue weighted by Crippen LogP contribution is -2.29. The normalized spacial score (nSPS) is 17.4. The molecule has 1 unspecified atom stereocenters. The standard InChI is InChI=1S/C24H14Cl2FN3O4S/c1-34-12-2-3-14(25)13(8-12)21(31)19-20(11-4-6-28-7-5-11)30(23(33)22(19)32)24-29-17-9-15(26)16(27)10-18(17)35-24/h2-10,20,31H,1H3/b21-19+. The molecule has 1 aliphatic heterocycles. The number of nitrogens with zero attached hydrogens (tertiary/aromatic N) is 3. The Hall–Kier alpha value is -3.53. The number of amides is 1. The third-order valence-electron chi connectivity index (χ3n) is 5.52. The fourth-order valence-electron chi connectivity index (χ4n) is 3.86. The topological polar surface area (TPSA) is 92.6 Å². The van der Waals surface area contributed by atoms with E-state index in [0.29, 0.717) is 21.5 Å². The van der Waals surface area contributed by atoms with Crippen molar-refractivity contribution in [2.45, 2.75) is 6.04 Å². The lowest BCUT2D eigenvalue weighted by atomic mass is 9.96. The van der Waals surface area contributed by atoms with Crippen LogP contribution >= 0.6 is 34.5 Å². The van der Waals surface area contributed by atoms with Crippen molar-refractivity contribution in [3.8, 4) is 5.75 Å². The number of carbonyl (C=O) groups is 2. The van der Waals surface area contributed by atoms with Gasteiger partial charge in [0.1, 0.15) is 17.3 Å². The van der Waals surface area contributed by atoms with Crippen molar-refractivity contribution in [3.05, 3.63) is 87.4 Å². The molecule has 11 heteroatoms. The van der Waals surface area contributed by atoms with Crippen molar-refractivity contribution in [1.82, 2.24) is 9.97 Å². The molecule has 1 N–H and O–H groups in total. The Balaban J connectivity index is 1.74. The largest absolute Gasteiger partial charge is 0.507 e. The van der Waals surface area contributed by atoms with Crippen LogP contribution in [0.5, 0.6) is 5.75 Å². The predicted octanol–water partition coefficient (Wildman–Crippen LogP) is 5.77. The van der Waals surface area contributed by atoms with Crippen LogP contribution in [-0.2, 0) is 9.59 Å². The molecule has 0 bridgehead atoms. The van der Waals surface area contributed by atoms with E-state index in [4.69, 9.17) is 27.9 Å². The number of aliphatic hydroxyl groups excluding tert-OH is 1. The summed E-state index contributed by atoms with van der Waals surface area (Å²) in [7, 11) is 1.45. The molecule has 2 aromatic carbocycles. The maximum absolute atomic E-state index is 14.0.